The largest absolute Gasteiger partial charge is 0.381 e. The van der Waals surface area contributed by atoms with Crippen LogP contribution in [0.2, 0.25) is 0 Å². The van der Waals surface area contributed by atoms with E-state index in [0.717, 1.165) is 69.9 Å². The normalized spacial score (nSPS) is 25.9. The number of nitrogens with zero attached hydrogens (tertiary/aromatic N) is 1. The van der Waals surface area contributed by atoms with E-state index in [1.54, 1.807) is 0 Å². The average molecular weight is 412 g/mol. The molecular formula is C24H33N3O3. The number of aromatic amines is 1. The van der Waals surface area contributed by atoms with Gasteiger partial charge >= 0.3 is 0 Å². The van der Waals surface area contributed by atoms with Gasteiger partial charge in [0.25, 0.3) is 5.91 Å². The summed E-state index contributed by atoms with van der Waals surface area (Å²) in [6.45, 7) is 7.97. The van der Waals surface area contributed by atoms with Gasteiger partial charge in [-0.2, -0.15) is 0 Å². The Morgan fingerprint density at radius 3 is 2.90 bits per heavy atom. The van der Waals surface area contributed by atoms with E-state index in [0.29, 0.717) is 24.4 Å². The lowest BCUT2D eigenvalue weighted by Gasteiger charge is -2.37. The van der Waals surface area contributed by atoms with Gasteiger partial charge in [-0.05, 0) is 43.2 Å². The number of aromatic nitrogens is 1. The highest BCUT2D eigenvalue weighted by molar-refractivity contribution is 6.06. The Bertz CT molecular complexity index is 896. The molecule has 162 valence electrons. The third kappa shape index (κ3) is 3.88. The van der Waals surface area contributed by atoms with Crippen molar-refractivity contribution >= 4 is 16.8 Å². The molecule has 2 saturated heterocycles. The van der Waals surface area contributed by atoms with Gasteiger partial charge in [0.1, 0.15) is 0 Å². The van der Waals surface area contributed by atoms with Crippen LogP contribution in [0.15, 0.2) is 18.2 Å². The third-order valence-corrected chi connectivity index (χ3v) is 7.21. The second kappa shape index (κ2) is 8.69. The van der Waals surface area contributed by atoms with Crippen LogP contribution in [0.1, 0.15) is 41.4 Å². The van der Waals surface area contributed by atoms with Gasteiger partial charge in [-0.1, -0.05) is 19.1 Å². The van der Waals surface area contributed by atoms with Crippen molar-refractivity contribution < 1.29 is 14.3 Å². The molecule has 1 amide bonds. The Morgan fingerprint density at radius 1 is 1.23 bits per heavy atom. The molecule has 1 aromatic carbocycles. The monoisotopic (exact) mass is 411 g/mol. The molecule has 6 nitrogen and oxygen atoms in total. The first-order valence-electron chi connectivity index (χ1n) is 11.5. The van der Waals surface area contributed by atoms with Crippen molar-refractivity contribution in [3.63, 3.8) is 0 Å². The van der Waals surface area contributed by atoms with Crippen molar-refractivity contribution in [3.05, 3.63) is 35.0 Å². The Balaban J connectivity index is 1.34. The van der Waals surface area contributed by atoms with Crippen molar-refractivity contribution in [2.75, 3.05) is 46.1 Å². The van der Waals surface area contributed by atoms with Crippen molar-refractivity contribution in [2.45, 2.75) is 38.6 Å². The lowest BCUT2D eigenvalue weighted by atomic mass is 9.87. The molecule has 0 spiro atoms. The summed E-state index contributed by atoms with van der Waals surface area (Å²) >= 11 is 0. The fraction of sp³-hybridized carbons (Fsp3) is 0.625. The molecule has 2 N–H and O–H groups in total. The summed E-state index contributed by atoms with van der Waals surface area (Å²) in [7, 11) is 0. The number of carbonyl (C=O) groups is 1. The summed E-state index contributed by atoms with van der Waals surface area (Å²) in [5.41, 5.74) is 4.49. The van der Waals surface area contributed by atoms with Crippen LogP contribution in [0.5, 0.6) is 0 Å². The smallest absolute Gasteiger partial charge is 0.253 e. The molecule has 6 heteroatoms. The maximum atomic E-state index is 13.2. The molecule has 30 heavy (non-hydrogen) atoms. The molecule has 3 atom stereocenters. The van der Waals surface area contributed by atoms with E-state index >= 15 is 0 Å². The molecule has 0 bridgehead atoms. The van der Waals surface area contributed by atoms with Gasteiger partial charge in [0, 0.05) is 49.3 Å². The van der Waals surface area contributed by atoms with E-state index in [4.69, 9.17) is 9.47 Å². The molecule has 2 aromatic rings. The minimum absolute atomic E-state index is 0.0180. The number of carbonyl (C=O) groups excluding carboxylic acids is 1. The van der Waals surface area contributed by atoms with Crippen LogP contribution < -0.4 is 5.32 Å². The number of rotatable bonds is 5. The molecule has 3 heterocycles. The number of aryl methyl sites for hydroxylation is 1. The lowest BCUT2D eigenvalue weighted by Crippen LogP contribution is -2.52. The molecule has 0 saturated carbocycles. The zero-order valence-electron chi connectivity index (χ0n) is 17.9. The Hall–Kier alpha value is -1.89. The molecule has 2 aliphatic heterocycles. The number of ether oxygens (including phenoxy) is 2. The second-order valence-corrected chi connectivity index (χ2v) is 9.21. The molecule has 5 rings (SSSR count). The van der Waals surface area contributed by atoms with E-state index in [1.807, 2.05) is 12.1 Å². The Labute approximate surface area is 178 Å². The number of amides is 1. The molecule has 3 aliphatic rings. The summed E-state index contributed by atoms with van der Waals surface area (Å²) in [6.07, 6.45) is 4.45. The van der Waals surface area contributed by atoms with E-state index in [-0.39, 0.29) is 5.91 Å². The maximum absolute atomic E-state index is 13.2. The number of hydrogen-bond donors (Lipinski definition) is 2. The summed E-state index contributed by atoms with van der Waals surface area (Å²) in [6, 6.07) is 6.43. The third-order valence-electron chi connectivity index (χ3n) is 7.21. The Morgan fingerprint density at radius 2 is 2.10 bits per heavy atom. The quantitative estimate of drug-likeness (QED) is 0.794. The van der Waals surface area contributed by atoms with Crippen LogP contribution in [-0.2, 0) is 22.3 Å². The van der Waals surface area contributed by atoms with Crippen molar-refractivity contribution in [3.8, 4) is 0 Å². The first-order chi connectivity index (χ1) is 14.7. The van der Waals surface area contributed by atoms with Gasteiger partial charge in [0.05, 0.1) is 30.9 Å². The molecule has 1 aliphatic carbocycles. The van der Waals surface area contributed by atoms with Gasteiger partial charge in [-0.3, -0.25) is 9.69 Å². The highest BCUT2D eigenvalue weighted by Gasteiger charge is 2.32. The van der Waals surface area contributed by atoms with Gasteiger partial charge in [-0.25, -0.2) is 0 Å². The van der Waals surface area contributed by atoms with E-state index in [9.17, 15) is 4.79 Å². The standard InChI is InChI=1S/C24H33N3O3/c1-16-5-6-21-20(13-16)18-3-2-4-19(23(18)26-21)24(28)25-14-22(17-7-10-30-15-17)27-8-11-29-12-9-27/h2-4,16-17,22,26H,5-15H2,1H3,(H,25,28). The van der Waals surface area contributed by atoms with E-state index in [1.165, 1.54) is 23.1 Å². The summed E-state index contributed by atoms with van der Waals surface area (Å²) < 4.78 is 11.2. The van der Waals surface area contributed by atoms with Gasteiger partial charge < -0.3 is 19.8 Å². The number of para-hydroxylation sites is 1. The average Bonchev–Trinajstić information content (AvgIpc) is 3.42. The highest BCUT2D eigenvalue weighted by Crippen LogP contribution is 2.33. The van der Waals surface area contributed by atoms with Gasteiger partial charge in [0.15, 0.2) is 0 Å². The van der Waals surface area contributed by atoms with Gasteiger partial charge in [0.2, 0.25) is 0 Å². The predicted octanol–water partition coefficient (Wildman–Crippen LogP) is 2.76. The SMILES string of the molecule is CC1CCc2[nH]c3c(C(=O)NCC(C4CCOC4)N4CCOCC4)cccc3c2C1. The maximum Gasteiger partial charge on any atom is 0.253 e. The second-order valence-electron chi connectivity index (χ2n) is 9.21. The first kappa shape index (κ1) is 20.0. The summed E-state index contributed by atoms with van der Waals surface area (Å²) in [5, 5.41) is 4.48. The molecule has 1 aromatic heterocycles. The van der Waals surface area contributed by atoms with Crippen LogP contribution in [0.4, 0.5) is 0 Å². The number of morpholine rings is 1. The van der Waals surface area contributed by atoms with Crippen LogP contribution in [0.25, 0.3) is 10.9 Å². The Kier molecular flexibility index (Phi) is 5.81. The number of nitrogens with one attached hydrogen (secondary N) is 2. The number of fused-ring (bicyclic) bond motifs is 3. The minimum Gasteiger partial charge on any atom is -0.381 e. The predicted molar refractivity (Wildman–Crippen MR) is 117 cm³/mol. The minimum atomic E-state index is 0.0180. The number of H-pyrrole nitrogens is 1. The molecular weight excluding hydrogens is 378 g/mol. The topological polar surface area (TPSA) is 66.6 Å². The fourth-order valence-electron chi connectivity index (χ4n) is 5.46. The van der Waals surface area contributed by atoms with E-state index in [2.05, 4.69) is 28.2 Å². The van der Waals surface area contributed by atoms with Crippen molar-refractivity contribution in [2.24, 2.45) is 11.8 Å². The molecule has 2 fully saturated rings. The van der Waals surface area contributed by atoms with Gasteiger partial charge in [-0.15, -0.1) is 0 Å². The van der Waals surface area contributed by atoms with Crippen molar-refractivity contribution in [1.29, 1.82) is 0 Å². The van der Waals surface area contributed by atoms with Crippen LogP contribution in [0, 0.1) is 11.8 Å². The first-order valence-corrected chi connectivity index (χ1v) is 11.5. The number of hydrogen-bond acceptors (Lipinski definition) is 4. The molecule has 3 unspecified atom stereocenters. The van der Waals surface area contributed by atoms with Crippen LogP contribution in [-0.4, -0.2) is 67.9 Å². The summed E-state index contributed by atoms with van der Waals surface area (Å²) in [5.74, 6) is 1.19. The van der Waals surface area contributed by atoms with Crippen molar-refractivity contribution in [1.82, 2.24) is 15.2 Å². The summed E-state index contributed by atoms with van der Waals surface area (Å²) in [4.78, 5) is 19.3. The molecule has 0 radical (unpaired) electrons. The zero-order chi connectivity index (χ0) is 20.5. The lowest BCUT2D eigenvalue weighted by molar-refractivity contribution is 0.00167. The fourth-order valence-corrected chi connectivity index (χ4v) is 5.46. The number of benzene rings is 1. The van der Waals surface area contributed by atoms with Crippen LogP contribution >= 0.6 is 0 Å². The highest BCUT2D eigenvalue weighted by atomic mass is 16.5. The zero-order valence-corrected chi connectivity index (χ0v) is 17.9. The van der Waals surface area contributed by atoms with Crippen LogP contribution in [0.3, 0.4) is 0 Å². The van der Waals surface area contributed by atoms with E-state index < -0.39 is 0 Å².